The van der Waals surface area contributed by atoms with Gasteiger partial charge >= 0.3 is 5.69 Å². The molecule has 8 aromatic carbocycles. The zero-order valence-electron chi connectivity index (χ0n) is 32.3. The fourth-order valence-corrected chi connectivity index (χ4v) is 9.93. The number of rotatable bonds is 7. The van der Waals surface area contributed by atoms with E-state index in [-0.39, 0.29) is 5.69 Å². The van der Waals surface area contributed by atoms with Gasteiger partial charge in [0.25, 0.3) is 0 Å². The highest BCUT2D eigenvalue weighted by molar-refractivity contribution is 14.1. The molecule has 0 aliphatic carbocycles. The van der Waals surface area contributed by atoms with Crippen LogP contribution >= 0.6 is 22.6 Å². The molecule has 0 radical (unpaired) electrons. The van der Waals surface area contributed by atoms with Crippen molar-refractivity contribution in [3.63, 3.8) is 0 Å². The molecule has 0 aliphatic rings. The minimum absolute atomic E-state index is 0.0770. The van der Waals surface area contributed by atoms with Gasteiger partial charge in [-0.25, -0.2) is 4.79 Å². The summed E-state index contributed by atoms with van der Waals surface area (Å²) >= 11 is 2.38. The molecular weight excluding hydrogens is 836 g/mol. The molecule has 0 amide bonds. The van der Waals surface area contributed by atoms with Crippen LogP contribution in [0.4, 0.5) is 0 Å². The molecule has 0 bridgehead atoms. The number of benzene rings is 8. The van der Waals surface area contributed by atoms with Crippen LogP contribution < -0.4 is 5.69 Å². The first kappa shape index (κ1) is 35.3. The van der Waals surface area contributed by atoms with Crippen LogP contribution in [0.25, 0.3) is 88.6 Å². The van der Waals surface area contributed by atoms with Gasteiger partial charge in [-0.15, -0.1) is 0 Å². The number of imidazole rings is 1. The van der Waals surface area contributed by atoms with Crippen molar-refractivity contribution in [3.8, 4) is 45.0 Å². The molecule has 5 nitrogen and oxygen atoms in total. The lowest BCUT2D eigenvalue weighted by Crippen LogP contribution is -2.23. The minimum Gasteiger partial charge on any atom is -0.309 e. The van der Waals surface area contributed by atoms with Gasteiger partial charge in [0.15, 0.2) is 0 Å². The molecule has 11 aromatic rings. The summed E-state index contributed by atoms with van der Waals surface area (Å²) in [5, 5.41) is 4.98. The van der Waals surface area contributed by atoms with Gasteiger partial charge in [-0.2, -0.15) is 0 Å². The van der Waals surface area contributed by atoms with E-state index in [1.165, 1.54) is 43.6 Å². The number of halogens is 1. The van der Waals surface area contributed by atoms with E-state index in [1.807, 2.05) is 33.4 Å². The Morgan fingerprint density at radius 1 is 0.373 bits per heavy atom. The molecule has 59 heavy (non-hydrogen) atoms. The Kier molecular flexibility index (Phi) is 8.48. The molecular formula is C53H37IN4O. The van der Waals surface area contributed by atoms with E-state index < -0.39 is 0 Å². The molecule has 0 saturated heterocycles. The topological polar surface area (TPSA) is 36.8 Å². The van der Waals surface area contributed by atoms with Crippen LogP contribution in [-0.4, -0.2) is 18.3 Å². The summed E-state index contributed by atoms with van der Waals surface area (Å²) in [6.45, 7) is 2.05. The first-order valence-corrected chi connectivity index (χ1v) is 21.4. The summed E-state index contributed by atoms with van der Waals surface area (Å²) in [6.07, 6.45) is 0. The summed E-state index contributed by atoms with van der Waals surface area (Å²) < 4.78 is 9.09. The molecule has 0 saturated carbocycles. The summed E-state index contributed by atoms with van der Waals surface area (Å²) in [7, 11) is 0. The van der Waals surface area contributed by atoms with Crippen molar-refractivity contribution in [2.75, 3.05) is 0 Å². The zero-order chi connectivity index (χ0) is 39.6. The van der Waals surface area contributed by atoms with Gasteiger partial charge in [-0.1, -0.05) is 144 Å². The smallest absolute Gasteiger partial charge is 0.309 e. The third kappa shape index (κ3) is 5.69. The van der Waals surface area contributed by atoms with Gasteiger partial charge in [0.05, 0.1) is 39.1 Å². The Hall–Kier alpha value is -6.90. The SMILES string of the molecule is Cc1c(CI)n(-c2cccc(-c3ccc(-n4c5ccccc5c5ccccc54)cc3)c2)c(=O)n1-c1cccc(-c2ccc(-n3c4ccccc4c4ccccc43)cc2)c1. The minimum atomic E-state index is -0.0770. The van der Waals surface area contributed by atoms with Gasteiger partial charge in [0.2, 0.25) is 0 Å². The summed E-state index contributed by atoms with van der Waals surface area (Å²) in [4.78, 5) is 14.6. The molecule has 6 heteroatoms. The number of hydrogen-bond donors (Lipinski definition) is 0. The van der Waals surface area contributed by atoms with Crippen LogP contribution in [-0.2, 0) is 4.43 Å². The lowest BCUT2D eigenvalue weighted by atomic mass is 10.0. The first-order valence-electron chi connectivity index (χ1n) is 19.9. The second-order valence-electron chi connectivity index (χ2n) is 15.1. The fraction of sp³-hybridized carbons (Fsp3) is 0.0377. The van der Waals surface area contributed by atoms with Crippen molar-refractivity contribution in [2.24, 2.45) is 0 Å². The van der Waals surface area contributed by atoms with Crippen molar-refractivity contribution in [1.82, 2.24) is 18.3 Å². The van der Waals surface area contributed by atoms with E-state index in [0.717, 1.165) is 56.4 Å². The number of hydrogen-bond acceptors (Lipinski definition) is 1. The van der Waals surface area contributed by atoms with E-state index in [0.29, 0.717) is 4.43 Å². The highest BCUT2D eigenvalue weighted by Gasteiger charge is 2.20. The summed E-state index contributed by atoms with van der Waals surface area (Å²) in [5.41, 5.74) is 14.8. The summed E-state index contributed by atoms with van der Waals surface area (Å²) in [6, 6.07) is 68.4. The molecule has 3 heterocycles. The van der Waals surface area contributed by atoms with Crippen molar-refractivity contribution in [3.05, 3.63) is 216 Å². The van der Waals surface area contributed by atoms with Crippen molar-refractivity contribution >= 4 is 66.2 Å². The van der Waals surface area contributed by atoms with E-state index in [1.54, 1.807) is 0 Å². The van der Waals surface area contributed by atoms with Crippen LogP contribution in [0.5, 0.6) is 0 Å². The molecule has 0 aliphatic heterocycles. The van der Waals surface area contributed by atoms with Gasteiger partial charge in [0.1, 0.15) is 0 Å². The summed E-state index contributed by atoms with van der Waals surface area (Å²) in [5.74, 6) is 0. The quantitative estimate of drug-likeness (QED) is 0.116. The molecule has 0 unspecified atom stereocenters. The third-order valence-electron chi connectivity index (χ3n) is 11.8. The number of aromatic nitrogens is 4. The van der Waals surface area contributed by atoms with Crippen molar-refractivity contribution in [1.29, 1.82) is 0 Å². The van der Waals surface area contributed by atoms with Crippen LogP contribution in [0.3, 0.4) is 0 Å². The number of nitrogens with zero attached hydrogens (tertiary/aromatic N) is 4. The predicted octanol–water partition coefficient (Wildman–Crippen LogP) is 13.4. The molecule has 3 aromatic heterocycles. The first-order chi connectivity index (χ1) is 29.1. The second kappa shape index (κ2) is 14.2. The molecule has 11 rings (SSSR count). The fourth-order valence-electron chi connectivity index (χ4n) is 9.03. The van der Waals surface area contributed by atoms with Crippen molar-refractivity contribution in [2.45, 2.75) is 11.4 Å². The monoisotopic (exact) mass is 872 g/mol. The maximum Gasteiger partial charge on any atom is 0.337 e. The lowest BCUT2D eigenvalue weighted by Gasteiger charge is -2.11. The van der Waals surface area contributed by atoms with Crippen LogP contribution in [0.2, 0.25) is 0 Å². The molecule has 282 valence electrons. The lowest BCUT2D eigenvalue weighted by molar-refractivity contribution is 0.888. The number of para-hydroxylation sites is 4. The normalized spacial score (nSPS) is 11.7. The average molecular weight is 873 g/mol. The van der Waals surface area contributed by atoms with Gasteiger partial charge < -0.3 is 9.13 Å². The van der Waals surface area contributed by atoms with Gasteiger partial charge in [0, 0.05) is 43.0 Å². The zero-order valence-corrected chi connectivity index (χ0v) is 34.4. The second-order valence-corrected chi connectivity index (χ2v) is 15.8. The van der Waals surface area contributed by atoms with Gasteiger partial charge in [-0.3, -0.25) is 9.13 Å². The average Bonchev–Trinajstić information content (AvgIpc) is 3.90. The van der Waals surface area contributed by atoms with Crippen LogP contribution in [0, 0.1) is 6.92 Å². The third-order valence-corrected chi connectivity index (χ3v) is 12.5. The van der Waals surface area contributed by atoms with E-state index in [2.05, 4.69) is 209 Å². The molecule has 0 atom stereocenters. The Morgan fingerprint density at radius 2 is 0.746 bits per heavy atom. The maximum atomic E-state index is 14.6. The van der Waals surface area contributed by atoms with E-state index in [9.17, 15) is 4.79 Å². The van der Waals surface area contributed by atoms with Gasteiger partial charge in [-0.05, 0) is 102 Å². The Balaban J connectivity index is 0.928. The number of alkyl halides is 1. The molecule has 0 spiro atoms. The highest BCUT2D eigenvalue weighted by atomic mass is 127. The molecule has 0 N–H and O–H groups in total. The van der Waals surface area contributed by atoms with Crippen molar-refractivity contribution < 1.29 is 0 Å². The van der Waals surface area contributed by atoms with E-state index in [4.69, 9.17) is 0 Å². The number of fused-ring (bicyclic) bond motifs is 6. The van der Waals surface area contributed by atoms with Crippen LogP contribution in [0.1, 0.15) is 11.4 Å². The largest absolute Gasteiger partial charge is 0.337 e. The maximum absolute atomic E-state index is 14.6. The Labute approximate surface area is 354 Å². The Bertz CT molecular complexity index is 3350. The standard InChI is InChI=1S/C53H37IN4O/c1-35-52(34-54)58(43-15-11-13-39(33-43)37-26-30-41(31-27-37)57-50-22-8-4-18-46(50)47-19-5-9-23-51(47)57)53(59)55(35)42-14-10-12-38(32-42)36-24-28-40(29-25-36)56-48-20-6-2-16-44(48)45-17-3-7-21-49(45)56/h2-33H,34H2,1H3. The highest BCUT2D eigenvalue weighted by Crippen LogP contribution is 2.35. The van der Waals surface area contributed by atoms with E-state index >= 15 is 0 Å². The predicted molar refractivity (Wildman–Crippen MR) is 253 cm³/mol. The van der Waals surface area contributed by atoms with Crippen LogP contribution in [0.15, 0.2) is 199 Å². The molecule has 0 fully saturated rings. The Morgan fingerprint density at radius 3 is 1.14 bits per heavy atom.